The predicted molar refractivity (Wildman–Crippen MR) is 89.6 cm³/mol. The van der Waals surface area contributed by atoms with E-state index in [2.05, 4.69) is 4.98 Å². The molecule has 2 heterocycles. The Morgan fingerprint density at radius 3 is 2.79 bits per heavy atom. The van der Waals surface area contributed by atoms with Crippen LogP contribution in [0.15, 0.2) is 48.7 Å². The van der Waals surface area contributed by atoms with E-state index < -0.39 is 0 Å². The lowest BCUT2D eigenvalue weighted by molar-refractivity contribution is 0.0782. The highest BCUT2D eigenvalue weighted by atomic mass is 16.6. The van der Waals surface area contributed by atoms with Gasteiger partial charge in [0.15, 0.2) is 0 Å². The van der Waals surface area contributed by atoms with Crippen LogP contribution in [0.25, 0.3) is 11.3 Å². The molecule has 1 aromatic heterocycles. The second-order valence-electron chi connectivity index (χ2n) is 5.62. The fourth-order valence-electron chi connectivity index (χ4n) is 2.55. The summed E-state index contributed by atoms with van der Waals surface area (Å²) in [5.74, 6) is -0.0952. The highest BCUT2D eigenvalue weighted by Gasteiger charge is 2.22. The standard InChI is InChI=1S/C18H19N3O3/c1-20(9-10-21-11-12-24-18(21)23)17(22)15-7-8-19-16(13-15)14-5-3-2-4-6-14/h2-8,13H,9-12H2,1H3. The van der Waals surface area contributed by atoms with Gasteiger partial charge in [0.1, 0.15) is 6.61 Å². The van der Waals surface area contributed by atoms with Gasteiger partial charge in [0.2, 0.25) is 0 Å². The molecule has 2 aromatic rings. The lowest BCUT2D eigenvalue weighted by Gasteiger charge is -2.20. The van der Waals surface area contributed by atoms with Crippen LogP contribution < -0.4 is 0 Å². The van der Waals surface area contributed by atoms with E-state index >= 15 is 0 Å². The van der Waals surface area contributed by atoms with Crippen molar-refractivity contribution < 1.29 is 14.3 Å². The average Bonchev–Trinajstić information content (AvgIpc) is 3.05. The Kier molecular flexibility index (Phi) is 4.74. The van der Waals surface area contributed by atoms with Crippen LogP contribution in [-0.2, 0) is 4.74 Å². The van der Waals surface area contributed by atoms with Crippen LogP contribution in [-0.4, -0.2) is 60.1 Å². The van der Waals surface area contributed by atoms with Crippen LogP contribution in [0.1, 0.15) is 10.4 Å². The van der Waals surface area contributed by atoms with Gasteiger partial charge in [-0.25, -0.2) is 4.79 Å². The normalized spacial score (nSPS) is 13.7. The second kappa shape index (κ2) is 7.12. The van der Waals surface area contributed by atoms with Gasteiger partial charge in [-0.05, 0) is 12.1 Å². The van der Waals surface area contributed by atoms with Crippen LogP contribution in [0.4, 0.5) is 4.79 Å². The first-order valence-electron chi connectivity index (χ1n) is 7.84. The predicted octanol–water partition coefficient (Wildman–Crippen LogP) is 2.27. The largest absolute Gasteiger partial charge is 0.448 e. The number of amides is 2. The maximum absolute atomic E-state index is 12.6. The molecule has 24 heavy (non-hydrogen) atoms. The Morgan fingerprint density at radius 1 is 1.29 bits per heavy atom. The van der Waals surface area contributed by atoms with Gasteiger partial charge in [-0.2, -0.15) is 0 Å². The number of likely N-dealkylation sites (N-methyl/N-ethyl adjacent to an activating group) is 1. The molecule has 0 atom stereocenters. The molecular formula is C18H19N3O3. The van der Waals surface area contributed by atoms with E-state index in [4.69, 9.17) is 4.74 Å². The lowest BCUT2D eigenvalue weighted by Crippen LogP contribution is -2.36. The number of hydrogen-bond acceptors (Lipinski definition) is 4. The molecule has 1 aromatic carbocycles. The topological polar surface area (TPSA) is 62.7 Å². The Labute approximate surface area is 140 Å². The Balaban J connectivity index is 1.67. The Bertz CT molecular complexity index is 733. The van der Waals surface area contributed by atoms with Gasteiger partial charge in [0.25, 0.3) is 5.91 Å². The second-order valence-corrected chi connectivity index (χ2v) is 5.62. The number of benzene rings is 1. The van der Waals surface area contributed by atoms with Crippen molar-refractivity contribution in [2.75, 3.05) is 33.3 Å². The summed E-state index contributed by atoms with van der Waals surface area (Å²) in [7, 11) is 1.73. The van der Waals surface area contributed by atoms with Gasteiger partial charge >= 0.3 is 6.09 Å². The van der Waals surface area contributed by atoms with Crippen molar-refractivity contribution in [1.29, 1.82) is 0 Å². The molecule has 1 aliphatic rings. The third kappa shape index (κ3) is 3.53. The third-order valence-electron chi connectivity index (χ3n) is 3.97. The van der Waals surface area contributed by atoms with Gasteiger partial charge in [-0.3, -0.25) is 9.78 Å². The van der Waals surface area contributed by atoms with Gasteiger partial charge in [0.05, 0.1) is 12.2 Å². The number of cyclic esters (lactones) is 1. The molecule has 0 N–H and O–H groups in total. The molecule has 0 aliphatic carbocycles. The summed E-state index contributed by atoms with van der Waals surface area (Å²) in [4.78, 5) is 31.5. The number of pyridine rings is 1. The molecule has 124 valence electrons. The molecule has 1 aliphatic heterocycles. The minimum Gasteiger partial charge on any atom is -0.448 e. The SMILES string of the molecule is CN(CCN1CCOC1=O)C(=O)c1ccnc(-c2ccccc2)c1. The lowest BCUT2D eigenvalue weighted by atomic mass is 10.1. The van der Waals surface area contributed by atoms with E-state index in [9.17, 15) is 9.59 Å². The van der Waals surface area contributed by atoms with E-state index in [1.165, 1.54) is 0 Å². The number of nitrogens with zero attached hydrogens (tertiary/aromatic N) is 3. The molecule has 2 amide bonds. The molecular weight excluding hydrogens is 306 g/mol. The number of rotatable bonds is 5. The van der Waals surface area contributed by atoms with Gasteiger partial charge < -0.3 is 14.5 Å². The summed E-state index contributed by atoms with van der Waals surface area (Å²) in [5, 5.41) is 0. The van der Waals surface area contributed by atoms with E-state index in [0.717, 1.165) is 11.3 Å². The minimum absolute atomic E-state index is 0.0952. The number of hydrogen-bond donors (Lipinski definition) is 0. The molecule has 3 rings (SSSR count). The highest BCUT2D eigenvalue weighted by molar-refractivity contribution is 5.95. The fourth-order valence-corrected chi connectivity index (χ4v) is 2.55. The first-order chi connectivity index (χ1) is 11.6. The van der Waals surface area contributed by atoms with Crippen molar-refractivity contribution in [2.24, 2.45) is 0 Å². The van der Waals surface area contributed by atoms with Crippen molar-refractivity contribution in [3.05, 3.63) is 54.2 Å². The van der Waals surface area contributed by atoms with E-state index in [1.54, 1.807) is 35.2 Å². The number of aromatic nitrogens is 1. The molecule has 6 heteroatoms. The summed E-state index contributed by atoms with van der Waals surface area (Å²) < 4.78 is 4.88. The highest BCUT2D eigenvalue weighted by Crippen LogP contribution is 2.18. The van der Waals surface area contributed by atoms with E-state index in [1.807, 2.05) is 30.3 Å². The maximum atomic E-state index is 12.6. The molecule has 0 saturated carbocycles. The Hall–Kier alpha value is -2.89. The van der Waals surface area contributed by atoms with Crippen LogP contribution in [0, 0.1) is 0 Å². The van der Waals surface area contributed by atoms with Crippen molar-refractivity contribution in [3.63, 3.8) is 0 Å². The van der Waals surface area contributed by atoms with Gasteiger partial charge in [-0.15, -0.1) is 0 Å². The summed E-state index contributed by atoms with van der Waals surface area (Å²) in [6.07, 6.45) is 1.33. The molecule has 0 spiro atoms. The van der Waals surface area contributed by atoms with Gasteiger partial charge in [-0.1, -0.05) is 30.3 Å². The maximum Gasteiger partial charge on any atom is 0.409 e. The summed E-state index contributed by atoms with van der Waals surface area (Å²) in [5.41, 5.74) is 2.31. The first kappa shape index (κ1) is 16.0. The molecule has 1 fully saturated rings. The van der Waals surface area contributed by atoms with E-state index in [-0.39, 0.29) is 12.0 Å². The molecule has 0 bridgehead atoms. The van der Waals surface area contributed by atoms with Crippen molar-refractivity contribution in [2.45, 2.75) is 0 Å². The number of carbonyl (C=O) groups is 2. The zero-order valence-electron chi connectivity index (χ0n) is 13.5. The number of carbonyl (C=O) groups excluding carboxylic acids is 2. The Morgan fingerprint density at radius 2 is 2.08 bits per heavy atom. The quantitative estimate of drug-likeness (QED) is 0.846. The van der Waals surface area contributed by atoms with Gasteiger partial charge in [0, 0.05) is 37.5 Å². The van der Waals surface area contributed by atoms with Crippen LogP contribution in [0.5, 0.6) is 0 Å². The summed E-state index contributed by atoms with van der Waals surface area (Å²) >= 11 is 0. The van der Waals surface area contributed by atoms with Crippen LogP contribution >= 0.6 is 0 Å². The van der Waals surface area contributed by atoms with Crippen LogP contribution in [0.2, 0.25) is 0 Å². The number of ether oxygens (including phenoxy) is 1. The van der Waals surface area contributed by atoms with E-state index in [0.29, 0.717) is 31.8 Å². The summed E-state index contributed by atoms with van der Waals surface area (Å²) in [6.45, 7) is 1.92. The first-order valence-corrected chi connectivity index (χ1v) is 7.84. The third-order valence-corrected chi connectivity index (χ3v) is 3.97. The van der Waals surface area contributed by atoms with Crippen molar-refractivity contribution in [3.8, 4) is 11.3 Å². The smallest absolute Gasteiger partial charge is 0.409 e. The monoisotopic (exact) mass is 325 g/mol. The van der Waals surface area contributed by atoms with Crippen molar-refractivity contribution >= 4 is 12.0 Å². The average molecular weight is 325 g/mol. The molecule has 0 radical (unpaired) electrons. The zero-order valence-corrected chi connectivity index (χ0v) is 13.5. The minimum atomic E-state index is -0.314. The molecule has 0 unspecified atom stereocenters. The molecule has 6 nitrogen and oxygen atoms in total. The molecule has 1 saturated heterocycles. The zero-order chi connectivity index (χ0) is 16.9. The summed E-state index contributed by atoms with van der Waals surface area (Å²) in [6, 6.07) is 13.2. The van der Waals surface area contributed by atoms with Crippen molar-refractivity contribution in [1.82, 2.24) is 14.8 Å². The van der Waals surface area contributed by atoms with Crippen LogP contribution in [0.3, 0.4) is 0 Å². The fraction of sp³-hybridized carbons (Fsp3) is 0.278.